The highest BCUT2D eigenvalue weighted by Crippen LogP contribution is 2.42. The molecule has 1 fully saturated rings. The lowest BCUT2D eigenvalue weighted by Gasteiger charge is -2.36. The smallest absolute Gasteiger partial charge is 0.308 e. The predicted octanol–water partition coefficient (Wildman–Crippen LogP) is 5.06. The first-order valence-electron chi connectivity index (χ1n) is 17.9. The van der Waals surface area contributed by atoms with Gasteiger partial charge in [-0.25, -0.2) is 4.98 Å². The van der Waals surface area contributed by atoms with E-state index in [4.69, 9.17) is 21.2 Å². The number of aromatic nitrogens is 1. The van der Waals surface area contributed by atoms with Gasteiger partial charge < -0.3 is 31.3 Å². The highest BCUT2D eigenvalue weighted by atomic mass is 16.5. The number of ether oxygens (including phenoxy) is 1. The summed E-state index contributed by atoms with van der Waals surface area (Å²) in [5, 5.41) is 3.06. The molecule has 4 aromatic rings. The van der Waals surface area contributed by atoms with Crippen molar-refractivity contribution in [1.82, 2.24) is 9.88 Å². The number of Topliss-reactive ketones (excluding diaryl/α,β-unsaturated/α-hetero) is 2. The topological polar surface area (TPSA) is 178 Å². The Labute approximate surface area is 315 Å². The number of amides is 2. The van der Waals surface area contributed by atoms with Crippen molar-refractivity contribution in [1.29, 1.82) is 0 Å². The second-order valence-corrected chi connectivity index (χ2v) is 13.2. The van der Waals surface area contributed by atoms with Gasteiger partial charge in [-0.15, -0.1) is 0 Å². The number of hydrogen-bond donors (Lipinski definition) is 3. The standard InChI is InChI=1S/C42H46N6O6/c1-4-45-38-36(28(3)49)37(31-19-12-7-13-20-31)46-39(41(52)33-21-14-22-47(33)34(50)25-43)40(38)48(42(53)27(2)44)32(23-29-15-8-5-9-16-29)24-35(51)54-26-30-17-10-6-11-18-30/h4-13,15-20,27,32-33H,1,14,21-26,43-44H2,2-3H3,(H,45,46)/t27-,32?,33?/m0/s1. The average Bonchev–Trinajstić information content (AvgIpc) is 3.68. The van der Waals surface area contributed by atoms with Crippen molar-refractivity contribution >= 4 is 40.7 Å². The summed E-state index contributed by atoms with van der Waals surface area (Å²) in [6.07, 6.45) is 2.03. The Bertz CT molecular complexity index is 1990. The summed E-state index contributed by atoms with van der Waals surface area (Å²) >= 11 is 0. The number of nitrogens with zero attached hydrogens (tertiary/aromatic N) is 3. The van der Waals surface area contributed by atoms with Crippen molar-refractivity contribution in [3.8, 4) is 11.3 Å². The molecule has 2 heterocycles. The molecular formula is C42H46N6O6. The van der Waals surface area contributed by atoms with Gasteiger partial charge in [-0.05, 0) is 50.4 Å². The number of ketones is 2. The van der Waals surface area contributed by atoms with Crippen LogP contribution in [-0.2, 0) is 32.1 Å². The van der Waals surface area contributed by atoms with Crippen LogP contribution < -0.4 is 21.7 Å². The van der Waals surface area contributed by atoms with Crippen molar-refractivity contribution in [3.63, 3.8) is 0 Å². The Kier molecular flexibility index (Phi) is 13.2. The van der Waals surface area contributed by atoms with Crippen LogP contribution in [0.1, 0.15) is 65.1 Å². The number of anilines is 2. The highest BCUT2D eigenvalue weighted by Gasteiger charge is 2.42. The maximum atomic E-state index is 15.0. The molecule has 12 heteroatoms. The number of pyridine rings is 1. The molecule has 3 aromatic carbocycles. The Balaban J connectivity index is 1.79. The zero-order valence-electron chi connectivity index (χ0n) is 30.6. The van der Waals surface area contributed by atoms with Crippen molar-refractivity contribution in [2.24, 2.45) is 11.5 Å². The largest absolute Gasteiger partial charge is 0.461 e. The summed E-state index contributed by atoms with van der Waals surface area (Å²) in [7, 11) is 0. The zero-order chi connectivity index (χ0) is 38.8. The fourth-order valence-electron chi connectivity index (χ4n) is 6.81. The molecule has 1 aliphatic rings. The van der Waals surface area contributed by atoms with Gasteiger partial charge in [0.25, 0.3) is 0 Å². The molecule has 3 atom stereocenters. The van der Waals surface area contributed by atoms with Crippen LogP contribution in [0.25, 0.3) is 11.3 Å². The number of rotatable bonds is 16. The number of hydrogen-bond acceptors (Lipinski definition) is 10. The predicted molar refractivity (Wildman–Crippen MR) is 208 cm³/mol. The van der Waals surface area contributed by atoms with Gasteiger partial charge in [0, 0.05) is 12.1 Å². The third-order valence-electron chi connectivity index (χ3n) is 9.29. The molecule has 1 saturated heterocycles. The minimum Gasteiger partial charge on any atom is -0.461 e. The molecule has 5 rings (SSSR count). The van der Waals surface area contributed by atoms with E-state index in [1.54, 1.807) is 24.3 Å². The monoisotopic (exact) mass is 730 g/mol. The summed E-state index contributed by atoms with van der Waals surface area (Å²) in [6, 6.07) is 24.2. The van der Waals surface area contributed by atoms with Crippen LogP contribution >= 0.6 is 0 Å². The van der Waals surface area contributed by atoms with Gasteiger partial charge in [-0.3, -0.25) is 24.0 Å². The van der Waals surface area contributed by atoms with Crippen molar-refractivity contribution in [3.05, 3.63) is 126 Å². The molecule has 54 heavy (non-hydrogen) atoms. The molecule has 0 aliphatic carbocycles. The van der Waals surface area contributed by atoms with Crippen LogP contribution in [0.5, 0.6) is 0 Å². The normalized spacial score (nSPS) is 14.8. The first-order chi connectivity index (χ1) is 26.0. The number of carbonyl (C=O) groups is 5. The molecular weight excluding hydrogens is 684 g/mol. The van der Waals surface area contributed by atoms with E-state index in [9.17, 15) is 24.0 Å². The summed E-state index contributed by atoms with van der Waals surface area (Å²) < 4.78 is 5.72. The Morgan fingerprint density at radius 3 is 2.17 bits per heavy atom. The van der Waals surface area contributed by atoms with E-state index in [2.05, 4.69) is 11.9 Å². The lowest BCUT2D eigenvalue weighted by Crippen LogP contribution is -2.51. The number of benzene rings is 3. The molecule has 1 aromatic heterocycles. The summed E-state index contributed by atoms with van der Waals surface area (Å²) in [5.74, 6) is -2.63. The number of esters is 1. The second-order valence-electron chi connectivity index (χ2n) is 13.2. The van der Waals surface area contributed by atoms with Crippen molar-refractivity contribution < 1.29 is 28.7 Å². The molecule has 1 aliphatic heterocycles. The molecule has 2 amide bonds. The quantitative estimate of drug-likeness (QED) is 0.104. The van der Waals surface area contributed by atoms with Gasteiger partial charge in [0.1, 0.15) is 12.3 Å². The number of nitrogens with one attached hydrogen (secondary N) is 1. The van der Waals surface area contributed by atoms with E-state index in [1.165, 1.54) is 29.8 Å². The van der Waals surface area contributed by atoms with Crippen LogP contribution in [0.4, 0.5) is 11.4 Å². The minimum atomic E-state index is -1.13. The Morgan fingerprint density at radius 1 is 0.981 bits per heavy atom. The molecule has 0 spiro atoms. The number of carbonyl (C=O) groups excluding carboxylic acids is 5. The van der Waals surface area contributed by atoms with Crippen LogP contribution in [0, 0.1) is 0 Å². The first kappa shape index (κ1) is 39.2. The van der Waals surface area contributed by atoms with Crippen molar-refractivity contribution in [2.45, 2.75) is 64.3 Å². The third-order valence-corrected chi connectivity index (χ3v) is 9.29. The van der Waals surface area contributed by atoms with Gasteiger partial charge in [-0.1, -0.05) is 97.6 Å². The van der Waals surface area contributed by atoms with E-state index < -0.39 is 47.5 Å². The average molecular weight is 731 g/mol. The lowest BCUT2D eigenvalue weighted by molar-refractivity contribution is -0.145. The van der Waals surface area contributed by atoms with Crippen LogP contribution in [0.2, 0.25) is 0 Å². The third kappa shape index (κ3) is 8.96. The van der Waals surface area contributed by atoms with Crippen LogP contribution in [-0.4, -0.2) is 70.4 Å². The summed E-state index contributed by atoms with van der Waals surface area (Å²) in [6.45, 7) is 6.73. The van der Waals surface area contributed by atoms with Gasteiger partial charge in [0.15, 0.2) is 5.78 Å². The maximum Gasteiger partial charge on any atom is 0.308 e. The second kappa shape index (κ2) is 18.2. The van der Waals surface area contributed by atoms with E-state index >= 15 is 0 Å². The van der Waals surface area contributed by atoms with E-state index in [0.717, 1.165) is 11.1 Å². The molecule has 0 radical (unpaired) electrons. The maximum absolute atomic E-state index is 15.0. The first-order valence-corrected chi connectivity index (χ1v) is 17.9. The SMILES string of the molecule is C=CNc1c(C(C)=O)c(-c2ccccc2)nc(C(=O)C2CCCN2C(=O)CN)c1N(C(=O)[C@H](C)N)C(CC(=O)OCc1ccccc1)Cc1ccccc1. The Hall–Kier alpha value is -5.98. The van der Waals surface area contributed by atoms with E-state index in [-0.39, 0.29) is 54.3 Å². The van der Waals surface area contributed by atoms with Gasteiger partial charge >= 0.3 is 5.97 Å². The molecule has 280 valence electrons. The Morgan fingerprint density at radius 2 is 1.59 bits per heavy atom. The van der Waals surface area contributed by atoms with E-state index in [0.29, 0.717) is 24.9 Å². The molecule has 0 bridgehead atoms. The summed E-state index contributed by atoms with van der Waals surface area (Å²) in [5.41, 5.74) is 14.3. The molecule has 5 N–H and O–H groups in total. The van der Waals surface area contributed by atoms with Gasteiger partial charge in [0.05, 0.1) is 53.7 Å². The lowest BCUT2D eigenvalue weighted by atomic mass is 9.93. The fraction of sp³-hybridized carbons (Fsp3) is 0.286. The highest BCUT2D eigenvalue weighted by molar-refractivity contribution is 6.17. The zero-order valence-corrected chi connectivity index (χ0v) is 30.6. The van der Waals surface area contributed by atoms with E-state index in [1.807, 2.05) is 66.7 Å². The van der Waals surface area contributed by atoms with Crippen molar-refractivity contribution in [2.75, 3.05) is 23.3 Å². The van der Waals surface area contributed by atoms with Gasteiger partial charge in [0.2, 0.25) is 17.6 Å². The minimum absolute atomic E-state index is 0.000469. The number of nitrogens with two attached hydrogens (primary N) is 2. The van der Waals surface area contributed by atoms with Gasteiger partial charge in [-0.2, -0.15) is 0 Å². The van der Waals surface area contributed by atoms with Crippen LogP contribution in [0.15, 0.2) is 104 Å². The molecule has 0 saturated carbocycles. The summed E-state index contributed by atoms with van der Waals surface area (Å²) in [4.78, 5) is 77.7. The molecule has 12 nitrogen and oxygen atoms in total. The fourth-order valence-corrected chi connectivity index (χ4v) is 6.81. The molecule has 2 unspecified atom stereocenters. The van der Waals surface area contributed by atoms with Crippen LogP contribution in [0.3, 0.4) is 0 Å². The number of likely N-dealkylation sites (tertiary alicyclic amines) is 1.